The van der Waals surface area contributed by atoms with E-state index in [-0.39, 0.29) is 5.92 Å². The molecule has 2 bridgehead atoms. The molecule has 1 aromatic heterocycles. The monoisotopic (exact) mass is 287 g/mol. The first-order valence-electron chi connectivity index (χ1n) is 8.00. The Balaban J connectivity index is 1.49. The van der Waals surface area contributed by atoms with Gasteiger partial charge < -0.3 is 4.90 Å². The maximum absolute atomic E-state index is 12.5. The summed E-state index contributed by atoms with van der Waals surface area (Å²) in [5.74, 6) is 1.74. The quantitative estimate of drug-likeness (QED) is 0.846. The number of carbonyl (C=O) groups excluding carboxylic acids is 1. The van der Waals surface area contributed by atoms with E-state index in [1.54, 1.807) is 0 Å². The van der Waals surface area contributed by atoms with Gasteiger partial charge in [-0.1, -0.05) is 12.2 Å². The van der Waals surface area contributed by atoms with Crippen LogP contribution < -0.4 is 0 Å². The maximum atomic E-state index is 12.5. The van der Waals surface area contributed by atoms with E-state index in [9.17, 15) is 4.79 Å². The van der Waals surface area contributed by atoms with Crippen molar-refractivity contribution in [2.24, 2.45) is 17.8 Å². The third kappa shape index (κ3) is 2.76. The zero-order valence-electron chi connectivity index (χ0n) is 13.2. The molecule has 21 heavy (non-hydrogen) atoms. The van der Waals surface area contributed by atoms with Crippen LogP contribution in [0.4, 0.5) is 0 Å². The number of aromatic amines is 1. The number of hydrogen-bond donors (Lipinski definition) is 1. The van der Waals surface area contributed by atoms with Gasteiger partial charge in [-0.15, -0.1) is 0 Å². The molecule has 1 aromatic rings. The Morgan fingerprint density at radius 1 is 1.38 bits per heavy atom. The number of nitrogens with zero attached hydrogens (tertiary/aromatic N) is 2. The molecule has 2 aliphatic rings. The van der Waals surface area contributed by atoms with Crippen molar-refractivity contribution in [2.45, 2.75) is 39.5 Å². The van der Waals surface area contributed by atoms with Gasteiger partial charge in [-0.05, 0) is 56.9 Å². The highest BCUT2D eigenvalue weighted by atomic mass is 16.2. The molecule has 1 N–H and O–H groups in total. The lowest BCUT2D eigenvalue weighted by atomic mass is 9.92. The molecule has 3 atom stereocenters. The average Bonchev–Trinajstić information content (AvgIpc) is 3.17. The number of hydrogen-bond acceptors (Lipinski definition) is 2. The standard InChI is InChI=1S/C17H25N3O/c1-11-15(12(2)19-18-11)5-4-8-20(3)17(21)16-10-13-6-7-14(16)9-13/h6-7,13-14,16H,4-5,8-10H2,1-3H3,(H,18,19)/t13-,14+,16-/m1/s1. The number of carbonyl (C=O) groups is 1. The summed E-state index contributed by atoms with van der Waals surface area (Å²) in [6.45, 7) is 4.93. The van der Waals surface area contributed by atoms with Crippen molar-refractivity contribution in [3.63, 3.8) is 0 Å². The fraction of sp³-hybridized carbons (Fsp3) is 0.647. The summed E-state index contributed by atoms with van der Waals surface area (Å²) in [6, 6.07) is 0. The minimum absolute atomic E-state index is 0.238. The Morgan fingerprint density at radius 2 is 2.19 bits per heavy atom. The first-order chi connectivity index (χ1) is 10.1. The van der Waals surface area contributed by atoms with Crippen LogP contribution in [0.25, 0.3) is 0 Å². The summed E-state index contributed by atoms with van der Waals surface area (Å²) in [4.78, 5) is 14.5. The number of H-pyrrole nitrogens is 1. The number of aryl methyl sites for hydroxylation is 2. The van der Waals surface area contributed by atoms with E-state index in [0.29, 0.717) is 17.7 Å². The zero-order valence-corrected chi connectivity index (χ0v) is 13.2. The highest BCUT2D eigenvalue weighted by Gasteiger charge is 2.40. The molecule has 0 aromatic carbocycles. The number of amides is 1. The minimum Gasteiger partial charge on any atom is -0.345 e. The summed E-state index contributed by atoms with van der Waals surface area (Å²) in [5, 5.41) is 7.25. The molecule has 4 heteroatoms. The fourth-order valence-corrected chi connectivity index (χ4v) is 3.89. The van der Waals surface area contributed by atoms with Gasteiger partial charge in [0, 0.05) is 25.2 Å². The van der Waals surface area contributed by atoms with Crippen LogP contribution in [-0.2, 0) is 11.2 Å². The van der Waals surface area contributed by atoms with Crippen LogP contribution in [0.1, 0.15) is 36.2 Å². The third-order valence-electron chi connectivity index (χ3n) is 5.17. The molecule has 0 aliphatic heterocycles. The molecule has 1 saturated carbocycles. The lowest BCUT2D eigenvalue weighted by Crippen LogP contribution is -2.35. The summed E-state index contributed by atoms with van der Waals surface area (Å²) in [6.07, 6.45) is 8.78. The highest BCUT2D eigenvalue weighted by Crippen LogP contribution is 2.44. The maximum Gasteiger partial charge on any atom is 0.226 e. The van der Waals surface area contributed by atoms with Crippen molar-refractivity contribution in [3.05, 3.63) is 29.1 Å². The first-order valence-corrected chi connectivity index (χ1v) is 8.00. The van der Waals surface area contributed by atoms with Crippen molar-refractivity contribution in [1.29, 1.82) is 0 Å². The molecule has 0 radical (unpaired) electrons. The molecule has 114 valence electrons. The van der Waals surface area contributed by atoms with Gasteiger partial charge in [0.05, 0.1) is 5.69 Å². The summed E-state index contributed by atoms with van der Waals surface area (Å²) in [5.41, 5.74) is 3.54. The zero-order chi connectivity index (χ0) is 15.0. The SMILES string of the molecule is Cc1n[nH]c(C)c1CCCN(C)C(=O)[C@@H]1C[C@@H]2C=C[C@H]1C2. The molecular weight excluding hydrogens is 262 g/mol. The highest BCUT2D eigenvalue weighted by molar-refractivity contribution is 5.79. The van der Waals surface area contributed by atoms with Gasteiger partial charge >= 0.3 is 0 Å². The second-order valence-electron chi connectivity index (χ2n) is 6.66. The van der Waals surface area contributed by atoms with E-state index < -0.39 is 0 Å². The average molecular weight is 287 g/mol. The summed E-state index contributed by atoms with van der Waals surface area (Å²) < 4.78 is 0. The van der Waals surface area contributed by atoms with E-state index in [2.05, 4.69) is 29.3 Å². The number of rotatable bonds is 5. The smallest absolute Gasteiger partial charge is 0.226 e. The molecule has 0 saturated heterocycles. The predicted molar refractivity (Wildman–Crippen MR) is 82.9 cm³/mol. The van der Waals surface area contributed by atoms with Crippen LogP contribution >= 0.6 is 0 Å². The van der Waals surface area contributed by atoms with Crippen molar-refractivity contribution in [1.82, 2.24) is 15.1 Å². The number of allylic oxidation sites excluding steroid dienone is 2. The topological polar surface area (TPSA) is 49.0 Å². The molecule has 1 amide bonds. The van der Waals surface area contributed by atoms with E-state index in [1.807, 2.05) is 18.9 Å². The molecule has 4 nitrogen and oxygen atoms in total. The first kappa shape index (κ1) is 14.4. The molecule has 0 unspecified atom stereocenters. The molecule has 2 aliphatic carbocycles. The molecule has 0 spiro atoms. The number of fused-ring (bicyclic) bond motifs is 2. The van der Waals surface area contributed by atoms with Crippen LogP contribution in [0.3, 0.4) is 0 Å². The van der Waals surface area contributed by atoms with Gasteiger partial charge in [0.1, 0.15) is 0 Å². The largest absolute Gasteiger partial charge is 0.345 e. The van der Waals surface area contributed by atoms with Crippen molar-refractivity contribution in [2.75, 3.05) is 13.6 Å². The molecule has 3 rings (SSSR count). The van der Waals surface area contributed by atoms with E-state index in [0.717, 1.165) is 37.2 Å². The van der Waals surface area contributed by atoms with Gasteiger partial charge in [-0.3, -0.25) is 9.89 Å². The van der Waals surface area contributed by atoms with Gasteiger partial charge in [0.15, 0.2) is 0 Å². The fourth-order valence-electron chi connectivity index (χ4n) is 3.89. The van der Waals surface area contributed by atoms with Gasteiger partial charge in [-0.25, -0.2) is 0 Å². The van der Waals surface area contributed by atoms with Crippen LogP contribution in [0.5, 0.6) is 0 Å². The second kappa shape index (κ2) is 5.66. The van der Waals surface area contributed by atoms with E-state index in [1.165, 1.54) is 12.0 Å². The number of nitrogens with one attached hydrogen (secondary N) is 1. The Hall–Kier alpha value is -1.58. The number of aromatic nitrogens is 2. The molecular formula is C17H25N3O. The van der Waals surface area contributed by atoms with Gasteiger partial charge in [0.25, 0.3) is 0 Å². The van der Waals surface area contributed by atoms with E-state index >= 15 is 0 Å². The molecule has 1 fully saturated rings. The summed E-state index contributed by atoms with van der Waals surface area (Å²) in [7, 11) is 1.95. The second-order valence-corrected chi connectivity index (χ2v) is 6.66. The van der Waals surface area contributed by atoms with Crippen LogP contribution in [0, 0.1) is 31.6 Å². The van der Waals surface area contributed by atoms with Crippen LogP contribution in [-0.4, -0.2) is 34.6 Å². The third-order valence-corrected chi connectivity index (χ3v) is 5.17. The van der Waals surface area contributed by atoms with Crippen molar-refractivity contribution >= 4 is 5.91 Å². The van der Waals surface area contributed by atoms with Gasteiger partial charge in [0.2, 0.25) is 5.91 Å². The Labute approximate surface area is 126 Å². The normalized spacial score (nSPS) is 26.5. The van der Waals surface area contributed by atoms with E-state index in [4.69, 9.17) is 0 Å². The van der Waals surface area contributed by atoms with Gasteiger partial charge in [-0.2, -0.15) is 5.10 Å². The Bertz CT molecular complexity index is 541. The van der Waals surface area contributed by atoms with Crippen LogP contribution in [0.15, 0.2) is 12.2 Å². The Kier molecular flexibility index (Phi) is 3.87. The molecule has 1 heterocycles. The predicted octanol–water partition coefficient (Wildman–Crippen LogP) is 2.63. The lowest BCUT2D eigenvalue weighted by molar-refractivity contribution is -0.135. The lowest BCUT2D eigenvalue weighted by Gasteiger charge is -2.24. The van der Waals surface area contributed by atoms with Crippen molar-refractivity contribution in [3.8, 4) is 0 Å². The summed E-state index contributed by atoms with van der Waals surface area (Å²) >= 11 is 0. The van der Waals surface area contributed by atoms with Crippen LogP contribution in [0.2, 0.25) is 0 Å². The Morgan fingerprint density at radius 3 is 2.76 bits per heavy atom. The minimum atomic E-state index is 0.238. The van der Waals surface area contributed by atoms with Crippen molar-refractivity contribution < 1.29 is 4.79 Å².